The highest BCUT2D eigenvalue weighted by Crippen LogP contribution is 2.43. The van der Waals surface area contributed by atoms with Gasteiger partial charge in [-0.05, 0) is 57.9 Å². The molecule has 160 valence electrons. The van der Waals surface area contributed by atoms with Gasteiger partial charge >= 0.3 is 0 Å². The second-order valence-electron chi connectivity index (χ2n) is 9.16. The lowest BCUT2D eigenvalue weighted by molar-refractivity contribution is -0.139. The molecule has 0 aromatic carbocycles. The smallest absolute Gasteiger partial charge is 0.230 e. The van der Waals surface area contributed by atoms with Gasteiger partial charge in [0.05, 0.1) is 29.6 Å². The van der Waals surface area contributed by atoms with Gasteiger partial charge in [0.25, 0.3) is 0 Å². The van der Waals surface area contributed by atoms with Crippen molar-refractivity contribution < 1.29 is 9.90 Å². The van der Waals surface area contributed by atoms with Crippen molar-refractivity contribution in [2.45, 2.75) is 64.0 Å². The van der Waals surface area contributed by atoms with Gasteiger partial charge in [-0.2, -0.15) is 5.10 Å². The van der Waals surface area contributed by atoms with Crippen LogP contribution in [0.25, 0.3) is 5.69 Å². The molecule has 8 heteroatoms. The number of hydrogen-bond donors (Lipinski definition) is 1. The topological polar surface area (TPSA) is 87.4 Å². The first-order chi connectivity index (χ1) is 14.5. The summed E-state index contributed by atoms with van der Waals surface area (Å²) in [7, 11) is 0. The third-order valence-corrected chi connectivity index (χ3v) is 7.12. The lowest BCUT2D eigenvalue weighted by Gasteiger charge is -2.40. The maximum Gasteiger partial charge on any atom is 0.230 e. The Morgan fingerprint density at radius 1 is 1.10 bits per heavy atom. The molecule has 4 heterocycles. The van der Waals surface area contributed by atoms with Gasteiger partial charge in [-0.15, -0.1) is 0 Å². The molecule has 30 heavy (non-hydrogen) atoms. The lowest BCUT2D eigenvalue weighted by Crippen LogP contribution is -2.50. The molecule has 2 aromatic heterocycles. The molecule has 0 bridgehead atoms. The molecule has 1 unspecified atom stereocenters. The summed E-state index contributed by atoms with van der Waals surface area (Å²) in [5, 5.41) is 14.2. The molecule has 1 spiro atoms. The Morgan fingerprint density at radius 2 is 1.87 bits per heavy atom. The van der Waals surface area contributed by atoms with Crippen LogP contribution in [0.1, 0.15) is 50.6 Å². The normalized spacial score (nSPS) is 29.7. The summed E-state index contributed by atoms with van der Waals surface area (Å²) in [6, 6.07) is 2.25. The van der Waals surface area contributed by atoms with Gasteiger partial charge in [0.15, 0.2) is 0 Å². The Bertz CT molecular complexity index is 905. The molecule has 8 nitrogen and oxygen atoms in total. The number of aromatic nitrogens is 4. The van der Waals surface area contributed by atoms with Crippen LogP contribution in [0.15, 0.2) is 24.7 Å². The largest absolute Gasteiger partial charge is 0.393 e. The maximum atomic E-state index is 13.5. The minimum Gasteiger partial charge on any atom is -0.393 e. The van der Waals surface area contributed by atoms with Crippen LogP contribution in [-0.2, 0) is 4.79 Å². The zero-order valence-corrected chi connectivity index (χ0v) is 17.6. The highest BCUT2D eigenvalue weighted by Gasteiger charge is 2.50. The molecule has 1 amide bonds. The average Bonchev–Trinajstić information content (AvgIpc) is 3.33. The van der Waals surface area contributed by atoms with E-state index >= 15 is 0 Å². The summed E-state index contributed by atoms with van der Waals surface area (Å²) < 4.78 is 1.77. The van der Waals surface area contributed by atoms with E-state index in [-0.39, 0.29) is 11.5 Å². The minimum atomic E-state index is -0.310. The number of likely N-dealkylation sites (tertiary alicyclic amines) is 1. The Kier molecular flexibility index (Phi) is 4.97. The van der Waals surface area contributed by atoms with Gasteiger partial charge in [0.1, 0.15) is 5.69 Å². The van der Waals surface area contributed by atoms with Crippen molar-refractivity contribution >= 4 is 11.9 Å². The Balaban J connectivity index is 1.29. The Morgan fingerprint density at radius 3 is 2.57 bits per heavy atom. The number of piperidine rings is 1. The summed E-state index contributed by atoms with van der Waals surface area (Å²) >= 11 is 0. The molecule has 0 radical (unpaired) electrons. The number of aryl methyl sites for hydroxylation is 1. The van der Waals surface area contributed by atoms with E-state index in [9.17, 15) is 9.90 Å². The summed E-state index contributed by atoms with van der Waals surface area (Å²) in [5.74, 6) is 0.992. The van der Waals surface area contributed by atoms with Gasteiger partial charge in [0.2, 0.25) is 11.9 Å². The summed E-state index contributed by atoms with van der Waals surface area (Å²) in [4.78, 5) is 26.9. The molecular formula is C22H30N6O2. The Hall–Kier alpha value is -2.48. The fraction of sp³-hybridized carbons (Fsp3) is 0.636. The SMILES string of the molecule is Cc1ccn(-c2cnc(N3CCCC4(CCN(C5CCC(O)CC5)C4=O)C3)nc2)n1. The molecule has 2 saturated heterocycles. The molecule has 1 aliphatic carbocycles. The predicted molar refractivity (Wildman–Crippen MR) is 112 cm³/mol. The zero-order chi connectivity index (χ0) is 20.7. The van der Waals surface area contributed by atoms with Crippen LogP contribution < -0.4 is 4.90 Å². The summed E-state index contributed by atoms with van der Waals surface area (Å²) in [5.41, 5.74) is 1.48. The van der Waals surface area contributed by atoms with Crippen molar-refractivity contribution in [2.75, 3.05) is 24.5 Å². The minimum absolute atomic E-state index is 0.191. The van der Waals surface area contributed by atoms with E-state index in [0.717, 1.165) is 69.4 Å². The molecule has 5 rings (SSSR count). The zero-order valence-electron chi connectivity index (χ0n) is 17.6. The number of carbonyl (C=O) groups is 1. The fourth-order valence-electron chi connectivity index (χ4n) is 5.40. The first-order valence-electron chi connectivity index (χ1n) is 11.1. The van der Waals surface area contributed by atoms with Crippen molar-refractivity contribution in [3.05, 3.63) is 30.4 Å². The number of hydrogen-bond acceptors (Lipinski definition) is 6. The van der Waals surface area contributed by atoms with Crippen LogP contribution >= 0.6 is 0 Å². The van der Waals surface area contributed by atoms with E-state index in [4.69, 9.17) is 0 Å². The first kappa shape index (κ1) is 19.5. The molecule has 3 fully saturated rings. The van der Waals surface area contributed by atoms with Gasteiger partial charge in [-0.3, -0.25) is 4.79 Å². The number of aliphatic hydroxyl groups excluding tert-OH is 1. The number of carbonyl (C=O) groups excluding carboxylic acids is 1. The third kappa shape index (κ3) is 3.47. The Labute approximate surface area is 176 Å². The summed E-state index contributed by atoms with van der Waals surface area (Å²) in [6.45, 7) is 4.37. The molecule has 1 N–H and O–H groups in total. The van der Waals surface area contributed by atoms with Crippen molar-refractivity contribution in [1.82, 2.24) is 24.6 Å². The number of rotatable bonds is 3. The number of aliphatic hydroxyl groups is 1. The van der Waals surface area contributed by atoms with E-state index in [1.54, 1.807) is 17.1 Å². The average molecular weight is 411 g/mol. The van der Waals surface area contributed by atoms with E-state index < -0.39 is 0 Å². The predicted octanol–water partition coefficient (Wildman–Crippen LogP) is 2.09. The second-order valence-corrected chi connectivity index (χ2v) is 9.16. The quantitative estimate of drug-likeness (QED) is 0.834. The number of amides is 1. The third-order valence-electron chi connectivity index (χ3n) is 7.12. The van der Waals surface area contributed by atoms with Crippen LogP contribution in [0, 0.1) is 12.3 Å². The van der Waals surface area contributed by atoms with Crippen LogP contribution in [0.4, 0.5) is 5.95 Å². The van der Waals surface area contributed by atoms with Crippen LogP contribution in [0.2, 0.25) is 0 Å². The van der Waals surface area contributed by atoms with E-state index in [1.807, 2.05) is 19.2 Å². The van der Waals surface area contributed by atoms with Gasteiger partial charge in [-0.25, -0.2) is 14.6 Å². The molecule has 2 aliphatic heterocycles. The molecule has 3 aliphatic rings. The van der Waals surface area contributed by atoms with Crippen molar-refractivity contribution in [3.8, 4) is 5.69 Å². The number of anilines is 1. The van der Waals surface area contributed by atoms with Crippen LogP contribution in [0.5, 0.6) is 0 Å². The monoisotopic (exact) mass is 410 g/mol. The van der Waals surface area contributed by atoms with E-state index in [0.29, 0.717) is 24.4 Å². The van der Waals surface area contributed by atoms with Gasteiger partial charge in [0, 0.05) is 31.9 Å². The van der Waals surface area contributed by atoms with E-state index in [2.05, 4.69) is 24.9 Å². The van der Waals surface area contributed by atoms with Crippen molar-refractivity contribution in [2.24, 2.45) is 5.41 Å². The number of nitrogens with zero attached hydrogens (tertiary/aromatic N) is 6. The second kappa shape index (κ2) is 7.65. The van der Waals surface area contributed by atoms with Gasteiger partial charge in [-0.1, -0.05) is 0 Å². The first-order valence-corrected chi connectivity index (χ1v) is 11.1. The molecule has 1 atom stereocenters. The van der Waals surface area contributed by atoms with E-state index in [1.165, 1.54) is 0 Å². The standard InChI is InChI=1S/C22H30N6O2/c1-16-7-11-28(25-16)18-13-23-21(24-14-18)26-10-2-8-22(15-26)9-12-27(20(22)30)17-3-5-19(29)6-4-17/h7,11,13-14,17,19,29H,2-6,8-10,12,15H2,1H3. The van der Waals surface area contributed by atoms with Crippen molar-refractivity contribution in [3.63, 3.8) is 0 Å². The molecule has 2 aromatic rings. The highest BCUT2D eigenvalue weighted by molar-refractivity contribution is 5.86. The van der Waals surface area contributed by atoms with Gasteiger partial charge < -0.3 is 14.9 Å². The maximum absolute atomic E-state index is 13.5. The van der Waals surface area contributed by atoms with Crippen LogP contribution in [-0.4, -0.2) is 67.4 Å². The molecule has 1 saturated carbocycles. The summed E-state index contributed by atoms with van der Waals surface area (Å²) in [6.07, 6.45) is 11.6. The lowest BCUT2D eigenvalue weighted by atomic mass is 9.78. The van der Waals surface area contributed by atoms with Crippen molar-refractivity contribution in [1.29, 1.82) is 0 Å². The van der Waals surface area contributed by atoms with Crippen LogP contribution in [0.3, 0.4) is 0 Å². The fourth-order valence-corrected chi connectivity index (χ4v) is 5.40. The molecular weight excluding hydrogens is 380 g/mol. The highest BCUT2D eigenvalue weighted by atomic mass is 16.3.